The number of aliphatic hydroxyl groups is 1. The Bertz CT molecular complexity index is 1040. The molecule has 2 aromatic rings. The number of ether oxygens (including phenoxy) is 1. The van der Waals surface area contributed by atoms with Crippen LogP contribution >= 0.6 is 0 Å². The molecule has 3 heterocycles. The number of hydrogen-bond donors (Lipinski definition) is 2. The van der Waals surface area contributed by atoms with Crippen LogP contribution in [0.4, 0.5) is 0 Å². The first-order chi connectivity index (χ1) is 13.4. The number of aryl methyl sites for hydroxylation is 1. The smallest absolute Gasteiger partial charge is 0.330 e. The molecule has 28 heavy (non-hydrogen) atoms. The Hall–Kier alpha value is -3.08. The molecule has 3 atom stereocenters. The molecule has 1 unspecified atom stereocenters. The van der Waals surface area contributed by atoms with Gasteiger partial charge in [-0.25, -0.2) is 4.79 Å². The molecule has 10 heteroatoms. The summed E-state index contributed by atoms with van der Waals surface area (Å²) in [6, 6.07) is 6.35. The first-order valence-electron chi connectivity index (χ1n) is 8.63. The van der Waals surface area contributed by atoms with Gasteiger partial charge in [0.25, 0.3) is 17.4 Å². The van der Waals surface area contributed by atoms with Gasteiger partial charge in [0.1, 0.15) is 18.9 Å². The van der Waals surface area contributed by atoms with Gasteiger partial charge in [-0.3, -0.25) is 28.8 Å². The number of aromatic nitrogens is 2. The number of aromatic amines is 1. The van der Waals surface area contributed by atoms with Crippen molar-refractivity contribution in [1.82, 2.24) is 14.6 Å². The van der Waals surface area contributed by atoms with Gasteiger partial charge in [0.05, 0.1) is 17.2 Å². The Morgan fingerprint density at radius 2 is 1.82 bits per heavy atom. The zero-order valence-corrected chi connectivity index (χ0v) is 14.8. The number of amides is 2. The van der Waals surface area contributed by atoms with Crippen molar-refractivity contribution in [2.45, 2.75) is 31.8 Å². The predicted molar refractivity (Wildman–Crippen MR) is 93.5 cm³/mol. The Kier molecular flexibility index (Phi) is 4.46. The number of fused-ring (bicyclic) bond motifs is 1. The molecule has 1 aromatic heterocycles. The van der Waals surface area contributed by atoms with Gasteiger partial charge in [-0.2, -0.15) is 0 Å². The summed E-state index contributed by atoms with van der Waals surface area (Å²) in [6.07, 6.45) is -1.23. The number of nitrogens with one attached hydrogen (secondary N) is 1. The summed E-state index contributed by atoms with van der Waals surface area (Å²) in [5.41, 5.74) is -0.342. The fourth-order valence-electron chi connectivity index (χ4n) is 3.27. The lowest BCUT2D eigenvalue weighted by Gasteiger charge is -2.19. The van der Waals surface area contributed by atoms with Crippen molar-refractivity contribution in [2.75, 3.05) is 6.61 Å². The summed E-state index contributed by atoms with van der Waals surface area (Å²) in [7, 11) is 0. The summed E-state index contributed by atoms with van der Waals surface area (Å²) in [4.78, 5) is 55.6. The monoisotopic (exact) mass is 387 g/mol. The number of benzene rings is 1. The van der Waals surface area contributed by atoms with Crippen LogP contribution in [0, 0.1) is 6.92 Å². The van der Waals surface area contributed by atoms with E-state index in [1.807, 2.05) is 0 Å². The number of nitrogens with zero attached hydrogens (tertiary/aromatic N) is 2. The molecule has 0 bridgehead atoms. The molecular weight excluding hydrogens is 370 g/mol. The summed E-state index contributed by atoms with van der Waals surface area (Å²) in [6.45, 7) is 1.28. The van der Waals surface area contributed by atoms with Crippen LogP contribution in [0.5, 0.6) is 0 Å². The predicted octanol–water partition coefficient (Wildman–Crippen LogP) is -0.279. The van der Waals surface area contributed by atoms with Crippen LogP contribution < -0.4 is 11.2 Å². The van der Waals surface area contributed by atoms with Gasteiger partial charge >= 0.3 is 5.69 Å². The fraction of sp³-hybridized carbons (Fsp3) is 0.333. The summed E-state index contributed by atoms with van der Waals surface area (Å²) in [5, 5.41) is 10.9. The fourth-order valence-corrected chi connectivity index (χ4v) is 3.27. The highest BCUT2D eigenvalue weighted by Crippen LogP contribution is 2.29. The largest absolute Gasteiger partial charge is 0.390 e. The third kappa shape index (κ3) is 2.97. The van der Waals surface area contributed by atoms with E-state index >= 15 is 0 Å². The van der Waals surface area contributed by atoms with Gasteiger partial charge in [-0.15, -0.1) is 5.06 Å². The number of carbonyl (C=O) groups excluding carboxylic acids is 2. The van der Waals surface area contributed by atoms with E-state index < -0.39 is 41.5 Å². The van der Waals surface area contributed by atoms with E-state index in [0.29, 0.717) is 10.6 Å². The molecule has 0 aliphatic carbocycles. The molecule has 1 aromatic carbocycles. The number of carbonyl (C=O) groups is 2. The summed E-state index contributed by atoms with van der Waals surface area (Å²) < 4.78 is 6.84. The number of hydroxylamine groups is 2. The number of imide groups is 1. The van der Waals surface area contributed by atoms with Gasteiger partial charge in [-0.1, -0.05) is 12.1 Å². The lowest BCUT2D eigenvalue weighted by atomic mass is 10.1. The lowest BCUT2D eigenvalue weighted by Crippen LogP contribution is -2.36. The minimum Gasteiger partial charge on any atom is -0.390 e. The topological polar surface area (TPSA) is 131 Å². The molecule has 2 amide bonds. The average molecular weight is 387 g/mol. The molecule has 2 aliphatic rings. The first-order valence-corrected chi connectivity index (χ1v) is 8.63. The third-order valence-corrected chi connectivity index (χ3v) is 4.78. The van der Waals surface area contributed by atoms with Gasteiger partial charge in [0.15, 0.2) is 0 Å². The number of hydrogen-bond acceptors (Lipinski definition) is 7. The summed E-state index contributed by atoms with van der Waals surface area (Å²) in [5.74, 6) is -1.17. The van der Waals surface area contributed by atoms with Crippen molar-refractivity contribution in [2.24, 2.45) is 0 Å². The van der Waals surface area contributed by atoms with Crippen LogP contribution in [0.3, 0.4) is 0 Å². The van der Waals surface area contributed by atoms with Crippen LogP contribution in [-0.2, 0) is 9.57 Å². The number of aliphatic hydroxyl groups excluding tert-OH is 1. The average Bonchev–Trinajstić information content (AvgIpc) is 3.15. The third-order valence-electron chi connectivity index (χ3n) is 4.78. The molecule has 4 rings (SSSR count). The molecule has 0 radical (unpaired) electrons. The van der Waals surface area contributed by atoms with Crippen molar-refractivity contribution in [3.8, 4) is 0 Å². The maximum atomic E-state index is 12.3. The quantitative estimate of drug-likeness (QED) is 0.690. The first kappa shape index (κ1) is 18.3. The van der Waals surface area contributed by atoms with E-state index in [1.165, 1.54) is 22.9 Å². The molecule has 1 saturated heterocycles. The zero-order chi connectivity index (χ0) is 20.0. The van der Waals surface area contributed by atoms with Gasteiger partial charge < -0.3 is 9.84 Å². The van der Waals surface area contributed by atoms with Gasteiger partial charge in [-0.05, 0) is 19.1 Å². The van der Waals surface area contributed by atoms with Crippen LogP contribution in [0.1, 0.15) is 38.9 Å². The molecular formula is C18H17N3O7. The highest BCUT2D eigenvalue weighted by molar-refractivity contribution is 6.20. The normalized spacial score (nSPS) is 24.1. The highest BCUT2D eigenvalue weighted by atomic mass is 16.7. The SMILES string of the molecule is Cc1cn([C@H]2CC(O)[C@@H](CON3C(=O)c4ccccc4C3=O)O2)c(=O)[nH]c1=O. The maximum Gasteiger partial charge on any atom is 0.330 e. The molecule has 146 valence electrons. The van der Waals surface area contributed by atoms with E-state index in [9.17, 15) is 24.3 Å². The molecule has 1 fully saturated rings. The van der Waals surface area contributed by atoms with Gasteiger partial charge in [0.2, 0.25) is 0 Å². The second kappa shape index (κ2) is 6.82. The molecule has 0 spiro atoms. The van der Waals surface area contributed by atoms with Crippen molar-refractivity contribution in [1.29, 1.82) is 0 Å². The minimum absolute atomic E-state index is 0.0849. The molecule has 0 saturated carbocycles. The summed E-state index contributed by atoms with van der Waals surface area (Å²) >= 11 is 0. The van der Waals surface area contributed by atoms with Gasteiger partial charge in [0, 0.05) is 18.2 Å². The maximum absolute atomic E-state index is 12.3. The molecule has 2 aliphatic heterocycles. The van der Waals surface area contributed by atoms with Crippen molar-refractivity contribution in [3.05, 3.63) is 68.0 Å². The van der Waals surface area contributed by atoms with Crippen LogP contribution in [0.2, 0.25) is 0 Å². The Morgan fingerprint density at radius 1 is 1.18 bits per heavy atom. The number of rotatable bonds is 4. The Balaban J connectivity index is 1.45. The van der Waals surface area contributed by atoms with E-state index in [2.05, 4.69) is 4.98 Å². The number of H-pyrrole nitrogens is 1. The lowest BCUT2D eigenvalue weighted by molar-refractivity contribution is -0.141. The van der Waals surface area contributed by atoms with E-state index in [0.717, 1.165) is 0 Å². The van der Waals surface area contributed by atoms with E-state index in [4.69, 9.17) is 9.57 Å². The van der Waals surface area contributed by atoms with E-state index in [1.54, 1.807) is 19.1 Å². The standard InChI is InChI=1S/C18H17N3O7/c1-9-7-20(18(26)19-15(9)23)14-6-12(22)13(28-14)8-27-21-16(24)10-4-2-3-5-11(10)17(21)25/h2-5,7,12-14,22H,6,8H2,1H3,(H,19,23,26)/t12?,13-,14-/m1/s1. The van der Waals surface area contributed by atoms with Crippen LogP contribution in [0.15, 0.2) is 40.1 Å². The minimum atomic E-state index is -0.987. The highest BCUT2D eigenvalue weighted by Gasteiger charge is 2.40. The zero-order valence-electron chi connectivity index (χ0n) is 14.8. The van der Waals surface area contributed by atoms with E-state index in [-0.39, 0.29) is 24.2 Å². The van der Waals surface area contributed by atoms with Crippen LogP contribution in [0.25, 0.3) is 0 Å². The van der Waals surface area contributed by atoms with Crippen molar-refractivity contribution < 1.29 is 24.3 Å². The Morgan fingerprint density at radius 3 is 2.46 bits per heavy atom. The van der Waals surface area contributed by atoms with Crippen LogP contribution in [-0.4, -0.2) is 50.3 Å². The van der Waals surface area contributed by atoms with Crippen molar-refractivity contribution in [3.63, 3.8) is 0 Å². The Labute approximate surface area is 157 Å². The second-order valence-electron chi connectivity index (χ2n) is 6.66. The van der Waals surface area contributed by atoms with Crippen molar-refractivity contribution >= 4 is 11.8 Å². The molecule has 2 N–H and O–H groups in total. The second-order valence-corrected chi connectivity index (χ2v) is 6.66. The molecule has 10 nitrogen and oxygen atoms in total.